The summed E-state index contributed by atoms with van der Waals surface area (Å²) in [5.41, 5.74) is 1.68. The Morgan fingerprint density at radius 2 is 2.05 bits per heavy atom. The molecule has 0 saturated carbocycles. The minimum atomic E-state index is -0.440. The summed E-state index contributed by atoms with van der Waals surface area (Å²) >= 11 is 1.62. The van der Waals surface area contributed by atoms with Gasteiger partial charge in [-0.2, -0.15) is 0 Å². The molecular formula is C14H17N3O2S. The van der Waals surface area contributed by atoms with Crippen LogP contribution in [0.3, 0.4) is 0 Å². The highest BCUT2D eigenvalue weighted by molar-refractivity contribution is 7.09. The highest BCUT2D eigenvalue weighted by Gasteiger charge is 2.08. The molecule has 0 aliphatic heterocycles. The Morgan fingerprint density at radius 1 is 1.35 bits per heavy atom. The first-order valence-corrected chi connectivity index (χ1v) is 7.26. The molecule has 1 unspecified atom stereocenters. The molecule has 1 amide bonds. The van der Waals surface area contributed by atoms with Gasteiger partial charge in [0.25, 0.3) is 0 Å². The minimum absolute atomic E-state index is 0.152. The topological polar surface area (TPSA) is 63.2 Å². The largest absolute Gasteiger partial charge is 0.450 e. The Kier molecular flexibility index (Phi) is 4.95. The van der Waals surface area contributed by atoms with Gasteiger partial charge < -0.3 is 10.1 Å². The molecule has 2 N–H and O–H groups in total. The van der Waals surface area contributed by atoms with Crippen LogP contribution >= 0.6 is 11.3 Å². The van der Waals surface area contributed by atoms with E-state index in [1.54, 1.807) is 24.5 Å². The van der Waals surface area contributed by atoms with Crippen molar-refractivity contribution in [3.05, 3.63) is 40.8 Å². The van der Waals surface area contributed by atoms with Crippen LogP contribution < -0.4 is 10.6 Å². The molecule has 5 nitrogen and oxygen atoms in total. The van der Waals surface area contributed by atoms with Crippen molar-refractivity contribution in [3.8, 4) is 0 Å². The number of ether oxygens (including phenoxy) is 1. The van der Waals surface area contributed by atoms with Crippen LogP contribution in [0.2, 0.25) is 0 Å². The molecule has 0 bridgehead atoms. The van der Waals surface area contributed by atoms with Gasteiger partial charge in [-0.05, 0) is 38.1 Å². The third-order valence-corrected chi connectivity index (χ3v) is 3.57. The van der Waals surface area contributed by atoms with Crippen LogP contribution in [-0.4, -0.2) is 17.7 Å². The molecule has 0 spiro atoms. The number of hydrogen-bond donors (Lipinski definition) is 2. The first-order chi connectivity index (χ1) is 9.69. The number of carbonyl (C=O) groups is 1. The zero-order valence-electron chi connectivity index (χ0n) is 11.4. The van der Waals surface area contributed by atoms with Gasteiger partial charge >= 0.3 is 6.09 Å². The summed E-state index contributed by atoms with van der Waals surface area (Å²) in [5, 5.41) is 9.00. The number of rotatable bonds is 5. The molecule has 6 heteroatoms. The maximum absolute atomic E-state index is 11.3. The third kappa shape index (κ3) is 3.96. The van der Waals surface area contributed by atoms with E-state index >= 15 is 0 Å². The molecular weight excluding hydrogens is 274 g/mol. The van der Waals surface area contributed by atoms with E-state index in [1.165, 1.54) is 0 Å². The maximum Gasteiger partial charge on any atom is 0.411 e. The fourth-order valence-electron chi connectivity index (χ4n) is 1.69. The third-order valence-electron chi connectivity index (χ3n) is 2.61. The second-order valence-electron chi connectivity index (χ2n) is 4.16. The summed E-state index contributed by atoms with van der Waals surface area (Å²) in [6, 6.07) is 7.62. The molecule has 0 aliphatic carbocycles. The summed E-state index contributed by atoms with van der Waals surface area (Å²) < 4.78 is 4.82. The molecule has 0 aliphatic rings. The zero-order chi connectivity index (χ0) is 14.4. The van der Waals surface area contributed by atoms with Crippen molar-refractivity contribution in [2.45, 2.75) is 19.9 Å². The van der Waals surface area contributed by atoms with E-state index in [2.05, 4.69) is 22.5 Å². The molecule has 2 aromatic rings. The average molecular weight is 291 g/mol. The number of nitrogens with one attached hydrogen (secondary N) is 2. The summed E-state index contributed by atoms with van der Waals surface area (Å²) in [7, 11) is 0. The molecule has 20 heavy (non-hydrogen) atoms. The van der Waals surface area contributed by atoms with Crippen molar-refractivity contribution in [3.63, 3.8) is 0 Å². The second kappa shape index (κ2) is 6.91. The SMILES string of the molecule is CCOC(=O)Nc1ccc(NC(C)c2nccs2)cc1. The summed E-state index contributed by atoms with van der Waals surface area (Å²) in [6.07, 6.45) is 1.36. The minimum Gasteiger partial charge on any atom is -0.450 e. The highest BCUT2D eigenvalue weighted by atomic mass is 32.1. The number of thiazole rings is 1. The molecule has 1 aromatic carbocycles. The Morgan fingerprint density at radius 3 is 2.65 bits per heavy atom. The monoisotopic (exact) mass is 291 g/mol. The Balaban J connectivity index is 1.93. The molecule has 1 aromatic heterocycles. The van der Waals surface area contributed by atoms with Crippen LogP contribution in [0.15, 0.2) is 35.8 Å². The van der Waals surface area contributed by atoms with Crippen LogP contribution in [0, 0.1) is 0 Å². The average Bonchev–Trinajstić information content (AvgIpc) is 2.95. The molecule has 106 valence electrons. The number of hydrogen-bond acceptors (Lipinski definition) is 5. The molecule has 0 saturated heterocycles. The van der Waals surface area contributed by atoms with Crippen LogP contribution in [0.5, 0.6) is 0 Å². The first-order valence-electron chi connectivity index (χ1n) is 6.39. The highest BCUT2D eigenvalue weighted by Crippen LogP contribution is 2.22. The maximum atomic E-state index is 11.3. The molecule has 0 radical (unpaired) electrons. The Labute approximate surface area is 122 Å². The lowest BCUT2D eigenvalue weighted by Gasteiger charge is -2.13. The van der Waals surface area contributed by atoms with E-state index < -0.39 is 6.09 Å². The molecule has 1 atom stereocenters. The number of amides is 1. The number of nitrogens with zero attached hydrogens (tertiary/aromatic N) is 1. The molecule has 2 rings (SSSR count). The quantitative estimate of drug-likeness (QED) is 0.877. The Hall–Kier alpha value is -2.08. The van der Waals surface area contributed by atoms with Crippen LogP contribution in [0.4, 0.5) is 16.2 Å². The smallest absolute Gasteiger partial charge is 0.411 e. The number of benzene rings is 1. The summed E-state index contributed by atoms with van der Waals surface area (Å²) in [4.78, 5) is 15.5. The van der Waals surface area contributed by atoms with E-state index in [0.717, 1.165) is 10.7 Å². The predicted molar refractivity (Wildman–Crippen MR) is 81.2 cm³/mol. The van der Waals surface area contributed by atoms with E-state index in [4.69, 9.17) is 4.74 Å². The number of aromatic nitrogens is 1. The van der Waals surface area contributed by atoms with E-state index in [1.807, 2.05) is 29.6 Å². The van der Waals surface area contributed by atoms with Crippen LogP contribution in [0.25, 0.3) is 0 Å². The van der Waals surface area contributed by atoms with Gasteiger partial charge in [0, 0.05) is 23.0 Å². The van der Waals surface area contributed by atoms with Crippen molar-refractivity contribution in [2.24, 2.45) is 0 Å². The summed E-state index contributed by atoms with van der Waals surface area (Å²) in [6.45, 7) is 4.19. The fraction of sp³-hybridized carbons (Fsp3) is 0.286. The van der Waals surface area contributed by atoms with Gasteiger partial charge in [-0.1, -0.05) is 0 Å². The first kappa shape index (κ1) is 14.3. The lowest BCUT2D eigenvalue weighted by atomic mass is 10.2. The van der Waals surface area contributed by atoms with E-state index in [-0.39, 0.29) is 6.04 Å². The second-order valence-corrected chi connectivity index (χ2v) is 5.09. The van der Waals surface area contributed by atoms with Crippen molar-refractivity contribution in [1.82, 2.24) is 4.98 Å². The van der Waals surface area contributed by atoms with Crippen molar-refractivity contribution in [2.75, 3.05) is 17.2 Å². The lowest BCUT2D eigenvalue weighted by molar-refractivity contribution is 0.168. The number of carbonyl (C=O) groups excluding carboxylic acids is 1. The van der Waals surface area contributed by atoms with Crippen molar-refractivity contribution < 1.29 is 9.53 Å². The zero-order valence-corrected chi connectivity index (χ0v) is 12.2. The molecule has 0 fully saturated rings. The van der Waals surface area contributed by atoms with Crippen LogP contribution in [-0.2, 0) is 4.74 Å². The Bertz CT molecular complexity index is 540. The standard InChI is InChI=1S/C14H17N3O2S/c1-3-19-14(18)17-12-6-4-11(5-7-12)16-10(2)13-15-8-9-20-13/h4-10,16H,3H2,1-2H3,(H,17,18). The fourth-order valence-corrected chi connectivity index (χ4v) is 2.34. The van der Waals surface area contributed by atoms with Gasteiger partial charge in [0.05, 0.1) is 12.6 Å². The molecule has 1 heterocycles. The van der Waals surface area contributed by atoms with Crippen molar-refractivity contribution >= 4 is 28.8 Å². The lowest BCUT2D eigenvalue weighted by Crippen LogP contribution is -2.13. The van der Waals surface area contributed by atoms with Gasteiger partial charge in [-0.25, -0.2) is 9.78 Å². The van der Waals surface area contributed by atoms with Gasteiger partial charge in [0.15, 0.2) is 0 Å². The van der Waals surface area contributed by atoms with E-state index in [0.29, 0.717) is 12.3 Å². The predicted octanol–water partition coefficient (Wildman–Crippen LogP) is 3.88. The van der Waals surface area contributed by atoms with Gasteiger partial charge in [0.1, 0.15) is 5.01 Å². The summed E-state index contributed by atoms with van der Waals surface area (Å²) in [5.74, 6) is 0. The van der Waals surface area contributed by atoms with E-state index in [9.17, 15) is 4.79 Å². The van der Waals surface area contributed by atoms with Gasteiger partial charge in [-0.3, -0.25) is 5.32 Å². The number of anilines is 2. The van der Waals surface area contributed by atoms with Gasteiger partial charge in [0.2, 0.25) is 0 Å². The van der Waals surface area contributed by atoms with Crippen molar-refractivity contribution in [1.29, 1.82) is 0 Å². The van der Waals surface area contributed by atoms with Crippen LogP contribution in [0.1, 0.15) is 24.9 Å². The normalized spacial score (nSPS) is 11.7. The van der Waals surface area contributed by atoms with Gasteiger partial charge in [-0.15, -0.1) is 11.3 Å².